The van der Waals surface area contributed by atoms with E-state index >= 15 is 0 Å². The number of H-pyrrole nitrogens is 1. The van der Waals surface area contributed by atoms with Crippen molar-refractivity contribution >= 4 is 17.2 Å². The van der Waals surface area contributed by atoms with Gasteiger partial charge >= 0.3 is 0 Å². The van der Waals surface area contributed by atoms with Crippen LogP contribution in [0, 0.1) is 0 Å². The summed E-state index contributed by atoms with van der Waals surface area (Å²) < 4.78 is 0. The molecule has 1 aliphatic heterocycles. The predicted molar refractivity (Wildman–Crippen MR) is 84.9 cm³/mol. The van der Waals surface area contributed by atoms with Crippen LogP contribution in [0.2, 0.25) is 0 Å². The van der Waals surface area contributed by atoms with Crippen molar-refractivity contribution in [2.75, 3.05) is 13.1 Å². The first-order valence-electron chi connectivity index (χ1n) is 7.30. The van der Waals surface area contributed by atoms with Gasteiger partial charge in [0.15, 0.2) is 0 Å². The molecule has 116 valence electrons. The average Bonchev–Trinajstić information content (AvgIpc) is 3.00. The van der Waals surface area contributed by atoms with Crippen molar-refractivity contribution in [3.05, 3.63) is 50.8 Å². The third kappa shape index (κ3) is 3.80. The maximum atomic E-state index is 12.2. The number of rotatable bonds is 4. The highest BCUT2D eigenvalue weighted by Gasteiger charge is 2.22. The number of nitrogens with zero attached hydrogens (tertiary/aromatic N) is 2. The first kappa shape index (κ1) is 14.9. The Morgan fingerprint density at radius 3 is 3.18 bits per heavy atom. The fourth-order valence-electron chi connectivity index (χ4n) is 2.70. The molecule has 3 heterocycles. The van der Waals surface area contributed by atoms with E-state index in [1.807, 2.05) is 0 Å². The highest BCUT2D eigenvalue weighted by atomic mass is 32.1. The lowest BCUT2D eigenvalue weighted by Gasteiger charge is -2.32. The second-order valence-electron chi connectivity index (χ2n) is 5.44. The lowest BCUT2D eigenvalue weighted by atomic mass is 10.1. The molecule has 0 aliphatic carbocycles. The summed E-state index contributed by atoms with van der Waals surface area (Å²) in [6.07, 6.45) is 4.54. The zero-order valence-corrected chi connectivity index (χ0v) is 12.9. The number of likely N-dealkylation sites (tertiary alicyclic amines) is 1. The normalized spacial score (nSPS) is 19.0. The molecule has 1 aliphatic rings. The summed E-state index contributed by atoms with van der Waals surface area (Å²) in [5, 5.41) is 5.07. The minimum Gasteiger partial charge on any atom is -0.347 e. The average molecular weight is 318 g/mol. The first-order chi connectivity index (χ1) is 10.7. The van der Waals surface area contributed by atoms with Gasteiger partial charge in [-0.3, -0.25) is 19.5 Å². The van der Waals surface area contributed by atoms with Crippen LogP contribution >= 0.6 is 11.3 Å². The number of carbonyl (C=O) groups is 1. The van der Waals surface area contributed by atoms with Crippen LogP contribution in [0.5, 0.6) is 0 Å². The van der Waals surface area contributed by atoms with Gasteiger partial charge < -0.3 is 10.3 Å². The minimum atomic E-state index is -0.365. The van der Waals surface area contributed by atoms with Gasteiger partial charge in [0.25, 0.3) is 11.5 Å². The molecule has 0 aromatic carbocycles. The van der Waals surface area contributed by atoms with Crippen molar-refractivity contribution in [3.63, 3.8) is 0 Å². The fraction of sp³-hybridized carbons (Fsp3) is 0.400. The second-order valence-corrected chi connectivity index (χ2v) is 6.47. The van der Waals surface area contributed by atoms with Crippen molar-refractivity contribution in [1.82, 2.24) is 20.2 Å². The van der Waals surface area contributed by atoms with E-state index in [0.29, 0.717) is 0 Å². The van der Waals surface area contributed by atoms with Gasteiger partial charge in [0.05, 0.1) is 12.4 Å². The van der Waals surface area contributed by atoms with Gasteiger partial charge in [-0.2, -0.15) is 0 Å². The third-order valence-electron chi connectivity index (χ3n) is 3.70. The Labute approximate surface area is 132 Å². The summed E-state index contributed by atoms with van der Waals surface area (Å²) in [6, 6.07) is 4.29. The number of amides is 1. The zero-order chi connectivity index (χ0) is 15.4. The molecule has 1 amide bonds. The van der Waals surface area contributed by atoms with Crippen LogP contribution in [0.25, 0.3) is 0 Å². The molecular weight excluding hydrogens is 300 g/mol. The maximum Gasteiger partial charge on any atom is 0.269 e. The Balaban J connectivity index is 1.58. The molecule has 3 rings (SSSR count). The van der Waals surface area contributed by atoms with E-state index < -0.39 is 0 Å². The summed E-state index contributed by atoms with van der Waals surface area (Å²) in [4.78, 5) is 33.3. The SMILES string of the molecule is O=C(N[C@H]1CCCN(Cc2cccs2)C1)c1cncc(=O)[nH]1. The molecule has 0 spiro atoms. The molecule has 1 atom stereocenters. The van der Waals surface area contributed by atoms with Crippen LogP contribution in [0.3, 0.4) is 0 Å². The smallest absolute Gasteiger partial charge is 0.269 e. The fourth-order valence-corrected chi connectivity index (χ4v) is 3.44. The van der Waals surface area contributed by atoms with Gasteiger partial charge in [-0.15, -0.1) is 11.3 Å². The number of nitrogens with one attached hydrogen (secondary N) is 2. The number of thiophene rings is 1. The lowest BCUT2D eigenvalue weighted by Crippen LogP contribution is -2.47. The van der Waals surface area contributed by atoms with E-state index in [1.54, 1.807) is 11.3 Å². The van der Waals surface area contributed by atoms with Crippen molar-refractivity contribution in [2.45, 2.75) is 25.4 Å². The van der Waals surface area contributed by atoms with Crippen LogP contribution in [0.15, 0.2) is 34.7 Å². The van der Waals surface area contributed by atoms with Gasteiger partial charge in [-0.25, -0.2) is 0 Å². The molecule has 1 saturated heterocycles. The summed E-state index contributed by atoms with van der Waals surface area (Å²) in [6.45, 7) is 2.80. The summed E-state index contributed by atoms with van der Waals surface area (Å²) in [7, 11) is 0. The molecule has 2 aromatic rings. The Kier molecular flexibility index (Phi) is 4.65. The monoisotopic (exact) mass is 318 g/mol. The van der Waals surface area contributed by atoms with E-state index in [9.17, 15) is 9.59 Å². The number of hydrogen-bond acceptors (Lipinski definition) is 5. The largest absolute Gasteiger partial charge is 0.347 e. The molecule has 0 saturated carbocycles. The Bertz CT molecular complexity index is 683. The molecule has 2 N–H and O–H groups in total. The molecular formula is C15H18N4O2S. The lowest BCUT2D eigenvalue weighted by molar-refractivity contribution is 0.0895. The third-order valence-corrected chi connectivity index (χ3v) is 4.56. The van der Waals surface area contributed by atoms with Crippen molar-refractivity contribution in [2.24, 2.45) is 0 Å². The van der Waals surface area contributed by atoms with Crippen LogP contribution in [0.4, 0.5) is 0 Å². The summed E-state index contributed by atoms with van der Waals surface area (Å²) in [5.74, 6) is -0.270. The van der Waals surface area contributed by atoms with Crippen LogP contribution in [0.1, 0.15) is 28.2 Å². The van der Waals surface area contributed by atoms with Gasteiger partial charge in [-0.1, -0.05) is 6.07 Å². The zero-order valence-electron chi connectivity index (χ0n) is 12.1. The van der Waals surface area contributed by atoms with E-state index in [2.05, 4.69) is 37.7 Å². The quantitative estimate of drug-likeness (QED) is 0.889. The van der Waals surface area contributed by atoms with Crippen LogP contribution in [-0.2, 0) is 6.54 Å². The highest BCUT2D eigenvalue weighted by Crippen LogP contribution is 2.17. The number of piperidine rings is 1. The van der Waals surface area contributed by atoms with E-state index in [4.69, 9.17) is 0 Å². The molecule has 1 fully saturated rings. The van der Waals surface area contributed by atoms with Crippen LogP contribution < -0.4 is 10.9 Å². The van der Waals surface area contributed by atoms with Crippen LogP contribution in [-0.4, -0.2) is 39.9 Å². The number of carbonyl (C=O) groups excluding carboxylic acids is 1. The Morgan fingerprint density at radius 2 is 2.41 bits per heavy atom. The molecule has 0 bridgehead atoms. The van der Waals surface area contributed by atoms with Gasteiger partial charge in [0.1, 0.15) is 5.69 Å². The van der Waals surface area contributed by atoms with E-state index in [1.165, 1.54) is 11.1 Å². The molecule has 22 heavy (non-hydrogen) atoms. The topological polar surface area (TPSA) is 78.1 Å². The number of aromatic amines is 1. The number of aromatic nitrogens is 2. The molecule has 6 nitrogen and oxygen atoms in total. The second kappa shape index (κ2) is 6.85. The van der Waals surface area contributed by atoms with Gasteiger partial charge in [0.2, 0.25) is 0 Å². The summed E-state index contributed by atoms with van der Waals surface area (Å²) >= 11 is 1.75. The van der Waals surface area contributed by atoms with Crippen molar-refractivity contribution in [3.8, 4) is 0 Å². The highest BCUT2D eigenvalue weighted by molar-refractivity contribution is 7.09. The number of hydrogen-bond donors (Lipinski definition) is 2. The minimum absolute atomic E-state index is 0.102. The standard InChI is InChI=1S/C15H18N4O2S/c20-14-8-16-7-13(18-14)15(21)17-11-3-1-5-19(9-11)10-12-4-2-6-22-12/h2,4,6-8,11H,1,3,5,9-10H2,(H,17,21)(H,18,20)/t11-/m0/s1. The first-order valence-corrected chi connectivity index (χ1v) is 8.18. The summed E-state index contributed by atoms with van der Waals surface area (Å²) in [5.41, 5.74) is -0.154. The molecule has 0 radical (unpaired) electrons. The maximum absolute atomic E-state index is 12.2. The van der Waals surface area contributed by atoms with Crippen molar-refractivity contribution in [1.29, 1.82) is 0 Å². The van der Waals surface area contributed by atoms with E-state index in [0.717, 1.165) is 38.7 Å². The Morgan fingerprint density at radius 1 is 1.50 bits per heavy atom. The Hall–Kier alpha value is -1.99. The molecule has 2 aromatic heterocycles. The molecule has 7 heteroatoms. The van der Waals surface area contributed by atoms with Crippen molar-refractivity contribution < 1.29 is 4.79 Å². The van der Waals surface area contributed by atoms with E-state index in [-0.39, 0.29) is 23.2 Å². The predicted octanol–water partition coefficient (Wildman–Crippen LogP) is 1.23. The van der Waals surface area contributed by atoms with Gasteiger partial charge in [-0.05, 0) is 30.8 Å². The van der Waals surface area contributed by atoms with Gasteiger partial charge in [0, 0.05) is 24.0 Å². The molecule has 0 unspecified atom stereocenters.